The summed E-state index contributed by atoms with van der Waals surface area (Å²) < 4.78 is 0. The van der Waals surface area contributed by atoms with Crippen molar-refractivity contribution in [1.29, 1.82) is 0 Å². The summed E-state index contributed by atoms with van der Waals surface area (Å²) in [5.41, 5.74) is 0.0685. The summed E-state index contributed by atoms with van der Waals surface area (Å²) in [6, 6.07) is 4.13. The third-order valence-corrected chi connectivity index (χ3v) is 5.05. The molecule has 1 amide bonds. The van der Waals surface area contributed by atoms with Crippen molar-refractivity contribution in [2.45, 2.75) is 51.5 Å². The van der Waals surface area contributed by atoms with Crippen LogP contribution in [0.4, 0.5) is 0 Å². The number of hydrogen-bond donors (Lipinski definition) is 1. The lowest BCUT2D eigenvalue weighted by molar-refractivity contribution is -0.121. The highest BCUT2D eigenvalue weighted by Gasteiger charge is 2.28. The van der Waals surface area contributed by atoms with Crippen molar-refractivity contribution in [3.8, 4) is 0 Å². The molecule has 0 bridgehead atoms. The molecule has 3 nitrogen and oxygen atoms in total. The van der Waals surface area contributed by atoms with Gasteiger partial charge in [0, 0.05) is 23.4 Å². The summed E-state index contributed by atoms with van der Waals surface area (Å²) in [7, 11) is 0. The van der Waals surface area contributed by atoms with E-state index >= 15 is 0 Å². The maximum Gasteiger partial charge on any atom is 0.220 e. The molecule has 1 saturated heterocycles. The molecule has 0 aromatic carbocycles. The largest absolute Gasteiger partial charge is 0.354 e. The lowest BCUT2D eigenvalue weighted by Crippen LogP contribution is -2.53. The first-order valence-electron chi connectivity index (χ1n) is 7.62. The number of aryl methyl sites for hydroxylation is 1. The summed E-state index contributed by atoms with van der Waals surface area (Å²) in [5, 5.41) is 5.17. The van der Waals surface area contributed by atoms with Crippen molar-refractivity contribution >= 4 is 17.2 Å². The van der Waals surface area contributed by atoms with Crippen molar-refractivity contribution < 1.29 is 4.79 Å². The molecular weight excluding hydrogens is 268 g/mol. The van der Waals surface area contributed by atoms with E-state index in [1.54, 1.807) is 11.3 Å². The molecule has 1 aliphatic rings. The number of amides is 1. The van der Waals surface area contributed by atoms with Gasteiger partial charge in [0.1, 0.15) is 0 Å². The Labute approximate surface area is 126 Å². The van der Waals surface area contributed by atoms with Crippen LogP contribution in [0.1, 0.15) is 44.4 Å². The second-order valence-corrected chi connectivity index (χ2v) is 7.25. The van der Waals surface area contributed by atoms with Crippen LogP contribution in [0.3, 0.4) is 0 Å². The van der Waals surface area contributed by atoms with Gasteiger partial charge in [0.2, 0.25) is 5.91 Å². The SMILES string of the molecule is CC(C)(CNC(=O)CCc1cccs1)N1CCCCC1. The smallest absolute Gasteiger partial charge is 0.220 e. The van der Waals surface area contributed by atoms with E-state index in [1.807, 2.05) is 6.07 Å². The molecule has 20 heavy (non-hydrogen) atoms. The maximum atomic E-state index is 11.9. The Morgan fingerprint density at radius 3 is 2.75 bits per heavy atom. The number of rotatable bonds is 6. The minimum atomic E-state index is 0.0685. The van der Waals surface area contributed by atoms with Crippen LogP contribution < -0.4 is 5.32 Å². The maximum absolute atomic E-state index is 11.9. The van der Waals surface area contributed by atoms with Crippen molar-refractivity contribution in [2.75, 3.05) is 19.6 Å². The summed E-state index contributed by atoms with van der Waals surface area (Å²) >= 11 is 1.72. The molecule has 4 heteroatoms. The predicted octanol–water partition coefficient (Wildman–Crippen LogP) is 3.06. The van der Waals surface area contributed by atoms with Crippen LogP contribution in [0, 0.1) is 0 Å². The fourth-order valence-electron chi connectivity index (χ4n) is 2.71. The fourth-order valence-corrected chi connectivity index (χ4v) is 3.41. The Morgan fingerprint density at radius 2 is 2.10 bits per heavy atom. The van der Waals surface area contributed by atoms with E-state index < -0.39 is 0 Å². The molecule has 1 fully saturated rings. The zero-order valence-corrected chi connectivity index (χ0v) is 13.5. The number of nitrogens with one attached hydrogen (secondary N) is 1. The average molecular weight is 294 g/mol. The molecule has 0 aliphatic carbocycles. The Kier molecular flexibility index (Phi) is 5.61. The van der Waals surface area contributed by atoms with Crippen LogP contribution in [0.2, 0.25) is 0 Å². The third-order valence-electron chi connectivity index (χ3n) is 4.11. The van der Waals surface area contributed by atoms with Crippen molar-refractivity contribution in [3.63, 3.8) is 0 Å². The van der Waals surface area contributed by atoms with Crippen LogP contribution in [-0.2, 0) is 11.2 Å². The number of thiophene rings is 1. The van der Waals surface area contributed by atoms with E-state index in [0.717, 1.165) is 26.1 Å². The minimum Gasteiger partial charge on any atom is -0.354 e. The molecule has 1 aromatic heterocycles. The summed E-state index contributed by atoms with van der Waals surface area (Å²) in [4.78, 5) is 15.7. The van der Waals surface area contributed by atoms with Crippen molar-refractivity contribution in [3.05, 3.63) is 22.4 Å². The van der Waals surface area contributed by atoms with Gasteiger partial charge in [0.05, 0.1) is 0 Å². The third kappa shape index (κ3) is 4.60. The normalized spacial score (nSPS) is 17.1. The number of piperidine rings is 1. The average Bonchev–Trinajstić information content (AvgIpc) is 2.97. The van der Waals surface area contributed by atoms with Gasteiger partial charge in [-0.05, 0) is 57.6 Å². The molecule has 0 atom stereocenters. The molecule has 0 saturated carbocycles. The highest BCUT2D eigenvalue weighted by molar-refractivity contribution is 7.09. The van der Waals surface area contributed by atoms with Crippen LogP contribution in [0.15, 0.2) is 17.5 Å². The van der Waals surface area contributed by atoms with Gasteiger partial charge < -0.3 is 5.32 Å². The standard InChI is InChI=1S/C16H26N2OS/c1-16(2,18-10-4-3-5-11-18)13-17-15(19)9-8-14-7-6-12-20-14/h6-7,12H,3-5,8-11,13H2,1-2H3,(H,17,19). The monoisotopic (exact) mass is 294 g/mol. The first-order valence-corrected chi connectivity index (χ1v) is 8.50. The fraction of sp³-hybridized carbons (Fsp3) is 0.688. The van der Waals surface area contributed by atoms with Gasteiger partial charge in [-0.25, -0.2) is 0 Å². The molecule has 2 rings (SSSR count). The Bertz CT molecular complexity index is 408. The first-order chi connectivity index (χ1) is 9.58. The number of carbonyl (C=O) groups excluding carboxylic acids is 1. The van der Waals surface area contributed by atoms with Gasteiger partial charge in [-0.2, -0.15) is 0 Å². The lowest BCUT2D eigenvalue weighted by atomic mass is 9.98. The summed E-state index contributed by atoms with van der Waals surface area (Å²) in [6.45, 7) is 7.54. The molecule has 0 unspecified atom stereocenters. The second-order valence-electron chi connectivity index (χ2n) is 6.22. The van der Waals surface area contributed by atoms with Gasteiger partial charge in [-0.15, -0.1) is 11.3 Å². The van der Waals surface area contributed by atoms with E-state index in [1.165, 1.54) is 24.1 Å². The van der Waals surface area contributed by atoms with Gasteiger partial charge >= 0.3 is 0 Å². The van der Waals surface area contributed by atoms with Gasteiger partial charge in [-0.1, -0.05) is 12.5 Å². The van der Waals surface area contributed by atoms with E-state index in [0.29, 0.717) is 6.42 Å². The van der Waals surface area contributed by atoms with Gasteiger partial charge in [0.15, 0.2) is 0 Å². The van der Waals surface area contributed by atoms with Crippen molar-refractivity contribution in [1.82, 2.24) is 10.2 Å². The molecular formula is C16H26N2OS. The quantitative estimate of drug-likeness (QED) is 0.874. The van der Waals surface area contributed by atoms with Crippen molar-refractivity contribution in [2.24, 2.45) is 0 Å². The number of hydrogen-bond acceptors (Lipinski definition) is 3. The van der Waals surface area contributed by atoms with E-state index in [9.17, 15) is 4.79 Å². The molecule has 1 N–H and O–H groups in total. The van der Waals surface area contributed by atoms with Crippen LogP contribution in [-0.4, -0.2) is 36.0 Å². The number of carbonyl (C=O) groups is 1. The molecule has 0 spiro atoms. The second kappa shape index (κ2) is 7.23. The number of nitrogens with zero attached hydrogens (tertiary/aromatic N) is 1. The Morgan fingerprint density at radius 1 is 1.35 bits per heavy atom. The molecule has 112 valence electrons. The van der Waals surface area contributed by atoms with Crippen LogP contribution >= 0.6 is 11.3 Å². The highest BCUT2D eigenvalue weighted by Crippen LogP contribution is 2.19. The Balaban J connectivity index is 1.71. The number of likely N-dealkylation sites (tertiary alicyclic amines) is 1. The van der Waals surface area contributed by atoms with Crippen LogP contribution in [0.25, 0.3) is 0 Å². The van der Waals surface area contributed by atoms with Gasteiger partial charge in [0.25, 0.3) is 0 Å². The topological polar surface area (TPSA) is 32.3 Å². The van der Waals surface area contributed by atoms with E-state index in [4.69, 9.17) is 0 Å². The zero-order valence-electron chi connectivity index (χ0n) is 12.7. The molecule has 0 radical (unpaired) electrons. The van der Waals surface area contributed by atoms with Crippen LogP contribution in [0.5, 0.6) is 0 Å². The Hall–Kier alpha value is -0.870. The highest BCUT2D eigenvalue weighted by atomic mass is 32.1. The molecule has 1 aromatic rings. The first kappa shape index (κ1) is 15.5. The minimum absolute atomic E-state index is 0.0685. The summed E-state index contributed by atoms with van der Waals surface area (Å²) in [6.07, 6.45) is 5.37. The zero-order chi connectivity index (χ0) is 14.4. The van der Waals surface area contributed by atoms with E-state index in [-0.39, 0.29) is 11.4 Å². The molecule has 1 aliphatic heterocycles. The van der Waals surface area contributed by atoms with Gasteiger partial charge in [-0.3, -0.25) is 9.69 Å². The van der Waals surface area contributed by atoms with E-state index in [2.05, 4.69) is 35.5 Å². The summed E-state index contributed by atoms with van der Waals surface area (Å²) in [5.74, 6) is 0.170. The lowest BCUT2D eigenvalue weighted by Gasteiger charge is -2.41. The predicted molar refractivity (Wildman–Crippen MR) is 85.2 cm³/mol. The molecule has 2 heterocycles.